The molecule has 8 heteroatoms. The summed E-state index contributed by atoms with van der Waals surface area (Å²) in [6.45, 7) is 6.27. The molecule has 0 aliphatic carbocycles. The van der Waals surface area contributed by atoms with Gasteiger partial charge >= 0.3 is 6.09 Å². The SMILES string of the molecule is CCOC(=O)N1CCN(c2cc(C(=O)N3CCCC3)ncn2)CC1. The summed E-state index contributed by atoms with van der Waals surface area (Å²) in [5.41, 5.74) is 0.440. The highest BCUT2D eigenvalue weighted by Gasteiger charge is 2.25. The van der Waals surface area contributed by atoms with Crippen molar-refractivity contribution in [1.82, 2.24) is 19.8 Å². The van der Waals surface area contributed by atoms with Gasteiger partial charge in [-0.1, -0.05) is 0 Å². The van der Waals surface area contributed by atoms with Gasteiger partial charge in [-0.05, 0) is 19.8 Å². The normalized spacial score (nSPS) is 18.0. The third-order valence-corrected chi connectivity index (χ3v) is 4.39. The molecule has 3 heterocycles. The number of amides is 2. The van der Waals surface area contributed by atoms with E-state index in [0.29, 0.717) is 38.5 Å². The fourth-order valence-corrected chi connectivity index (χ4v) is 3.05. The smallest absolute Gasteiger partial charge is 0.409 e. The van der Waals surface area contributed by atoms with Crippen LogP contribution in [0.5, 0.6) is 0 Å². The maximum atomic E-state index is 12.4. The van der Waals surface area contributed by atoms with Gasteiger partial charge in [0.15, 0.2) is 0 Å². The van der Waals surface area contributed by atoms with Crippen molar-refractivity contribution in [1.29, 1.82) is 0 Å². The molecule has 130 valence electrons. The summed E-state index contributed by atoms with van der Waals surface area (Å²) < 4.78 is 5.02. The van der Waals surface area contributed by atoms with Gasteiger partial charge in [0.2, 0.25) is 0 Å². The Bertz CT molecular complexity index is 595. The lowest BCUT2D eigenvalue weighted by Gasteiger charge is -2.34. The van der Waals surface area contributed by atoms with E-state index in [1.165, 1.54) is 6.33 Å². The van der Waals surface area contributed by atoms with E-state index >= 15 is 0 Å². The van der Waals surface area contributed by atoms with Crippen molar-refractivity contribution in [2.45, 2.75) is 19.8 Å². The van der Waals surface area contributed by atoms with Crippen LogP contribution in [0.25, 0.3) is 0 Å². The molecule has 2 aliphatic rings. The van der Waals surface area contributed by atoms with E-state index < -0.39 is 0 Å². The van der Waals surface area contributed by atoms with Gasteiger partial charge in [-0.15, -0.1) is 0 Å². The van der Waals surface area contributed by atoms with Gasteiger partial charge in [-0.25, -0.2) is 14.8 Å². The molecular formula is C16H23N5O3. The number of carbonyl (C=O) groups is 2. The molecule has 2 aliphatic heterocycles. The number of piperazine rings is 1. The van der Waals surface area contributed by atoms with Gasteiger partial charge in [-0.3, -0.25) is 4.79 Å². The number of ether oxygens (including phenoxy) is 1. The lowest BCUT2D eigenvalue weighted by molar-refractivity contribution is 0.0787. The Hall–Kier alpha value is -2.38. The Morgan fingerprint density at radius 3 is 2.42 bits per heavy atom. The lowest BCUT2D eigenvalue weighted by Crippen LogP contribution is -2.49. The van der Waals surface area contributed by atoms with Crippen LogP contribution in [0, 0.1) is 0 Å². The van der Waals surface area contributed by atoms with Crippen LogP contribution in [0.15, 0.2) is 12.4 Å². The van der Waals surface area contributed by atoms with E-state index in [-0.39, 0.29) is 12.0 Å². The molecule has 1 aromatic heterocycles. The summed E-state index contributed by atoms with van der Waals surface area (Å²) in [5.74, 6) is 0.706. The number of anilines is 1. The van der Waals surface area contributed by atoms with Crippen LogP contribution in [-0.2, 0) is 4.74 Å². The number of hydrogen-bond acceptors (Lipinski definition) is 6. The summed E-state index contributed by atoms with van der Waals surface area (Å²) in [6, 6.07) is 1.75. The molecule has 0 spiro atoms. The molecule has 2 fully saturated rings. The Balaban J connectivity index is 1.63. The number of hydrogen-bond donors (Lipinski definition) is 0. The first-order valence-electron chi connectivity index (χ1n) is 8.47. The average Bonchev–Trinajstić information content (AvgIpc) is 3.16. The summed E-state index contributed by atoms with van der Waals surface area (Å²) in [7, 11) is 0. The largest absolute Gasteiger partial charge is 0.450 e. The topological polar surface area (TPSA) is 78.9 Å². The van der Waals surface area contributed by atoms with Crippen molar-refractivity contribution in [3.8, 4) is 0 Å². The van der Waals surface area contributed by atoms with Crippen molar-refractivity contribution in [2.24, 2.45) is 0 Å². The van der Waals surface area contributed by atoms with E-state index in [1.54, 1.807) is 17.9 Å². The number of carbonyl (C=O) groups excluding carboxylic acids is 2. The van der Waals surface area contributed by atoms with Gasteiger partial charge in [-0.2, -0.15) is 0 Å². The van der Waals surface area contributed by atoms with E-state index in [0.717, 1.165) is 31.7 Å². The predicted octanol–water partition coefficient (Wildman–Crippen LogP) is 0.991. The maximum Gasteiger partial charge on any atom is 0.409 e. The molecule has 1 aromatic rings. The molecule has 0 atom stereocenters. The Kier molecular flexibility index (Phi) is 5.12. The molecule has 3 rings (SSSR count). The number of likely N-dealkylation sites (tertiary alicyclic amines) is 1. The van der Waals surface area contributed by atoms with Crippen LogP contribution in [0.4, 0.5) is 10.6 Å². The van der Waals surface area contributed by atoms with Gasteiger partial charge in [0, 0.05) is 45.3 Å². The van der Waals surface area contributed by atoms with Crippen LogP contribution in [0.3, 0.4) is 0 Å². The highest BCUT2D eigenvalue weighted by molar-refractivity contribution is 5.93. The zero-order valence-electron chi connectivity index (χ0n) is 14.0. The molecule has 0 aromatic carbocycles. The molecule has 0 radical (unpaired) electrons. The minimum absolute atomic E-state index is 0.0266. The Morgan fingerprint density at radius 2 is 1.75 bits per heavy atom. The van der Waals surface area contributed by atoms with Crippen LogP contribution in [-0.4, -0.2) is 77.6 Å². The van der Waals surface area contributed by atoms with Crippen molar-refractivity contribution in [3.63, 3.8) is 0 Å². The summed E-state index contributed by atoms with van der Waals surface area (Å²) in [4.78, 5) is 38.2. The van der Waals surface area contributed by atoms with Gasteiger partial charge in [0.1, 0.15) is 17.8 Å². The first-order valence-corrected chi connectivity index (χ1v) is 8.47. The first-order chi connectivity index (χ1) is 11.7. The third-order valence-electron chi connectivity index (χ3n) is 4.39. The van der Waals surface area contributed by atoms with E-state index in [2.05, 4.69) is 14.9 Å². The van der Waals surface area contributed by atoms with Crippen LogP contribution in [0.1, 0.15) is 30.3 Å². The summed E-state index contributed by atoms with van der Waals surface area (Å²) >= 11 is 0. The quantitative estimate of drug-likeness (QED) is 0.821. The van der Waals surface area contributed by atoms with Crippen molar-refractivity contribution >= 4 is 17.8 Å². The monoisotopic (exact) mass is 333 g/mol. The van der Waals surface area contributed by atoms with E-state index in [1.807, 2.05) is 4.90 Å². The second-order valence-corrected chi connectivity index (χ2v) is 5.93. The van der Waals surface area contributed by atoms with Gasteiger partial charge in [0.05, 0.1) is 6.61 Å². The molecule has 0 unspecified atom stereocenters. The van der Waals surface area contributed by atoms with Crippen molar-refractivity contribution in [2.75, 3.05) is 50.8 Å². The van der Waals surface area contributed by atoms with Crippen LogP contribution < -0.4 is 4.90 Å². The number of rotatable bonds is 3. The molecule has 0 bridgehead atoms. The molecule has 0 N–H and O–H groups in total. The number of nitrogens with zero attached hydrogens (tertiary/aromatic N) is 5. The zero-order chi connectivity index (χ0) is 16.9. The molecule has 24 heavy (non-hydrogen) atoms. The molecule has 2 amide bonds. The Labute approximate surface area is 141 Å². The second-order valence-electron chi connectivity index (χ2n) is 5.93. The lowest BCUT2D eigenvalue weighted by atomic mass is 10.3. The molecule has 2 saturated heterocycles. The molecule has 0 saturated carbocycles. The number of aromatic nitrogens is 2. The van der Waals surface area contributed by atoms with Crippen LogP contribution in [0.2, 0.25) is 0 Å². The van der Waals surface area contributed by atoms with Gasteiger partial charge < -0.3 is 19.4 Å². The standard InChI is InChI=1S/C16H23N5O3/c1-2-24-16(23)21-9-7-19(8-10-21)14-11-13(17-12-18-14)15(22)20-5-3-4-6-20/h11-12H,2-10H2,1H3. The van der Waals surface area contributed by atoms with Gasteiger partial charge in [0.25, 0.3) is 5.91 Å². The Morgan fingerprint density at radius 1 is 1.04 bits per heavy atom. The predicted molar refractivity (Wildman–Crippen MR) is 88.0 cm³/mol. The minimum atomic E-state index is -0.273. The van der Waals surface area contributed by atoms with Crippen molar-refractivity contribution in [3.05, 3.63) is 18.1 Å². The highest BCUT2D eigenvalue weighted by Crippen LogP contribution is 2.17. The minimum Gasteiger partial charge on any atom is -0.450 e. The summed E-state index contributed by atoms with van der Waals surface area (Å²) in [6.07, 6.45) is 3.28. The van der Waals surface area contributed by atoms with E-state index in [4.69, 9.17) is 4.74 Å². The fourth-order valence-electron chi connectivity index (χ4n) is 3.05. The molecular weight excluding hydrogens is 310 g/mol. The second kappa shape index (κ2) is 7.46. The fraction of sp³-hybridized carbons (Fsp3) is 0.625. The zero-order valence-corrected chi connectivity index (χ0v) is 14.0. The van der Waals surface area contributed by atoms with E-state index in [9.17, 15) is 9.59 Å². The van der Waals surface area contributed by atoms with Crippen LogP contribution >= 0.6 is 0 Å². The maximum absolute atomic E-state index is 12.4. The third kappa shape index (κ3) is 3.58. The first kappa shape index (κ1) is 16.5. The van der Waals surface area contributed by atoms with Crippen molar-refractivity contribution < 1.29 is 14.3 Å². The highest BCUT2D eigenvalue weighted by atomic mass is 16.6. The molecule has 8 nitrogen and oxygen atoms in total. The average molecular weight is 333 g/mol. The summed E-state index contributed by atoms with van der Waals surface area (Å²) in [5, 5.41) is 0.